The Morgan fingerprint density at radius 3 is 2.63 bits per heavy atom. The Balaban J connectivity index is 2.05. The second-order valence-corrected chi connectivity index (χ2v) is 4.67. The molecular weight excluding hydrogens is 238 g/mol. The summed E-state index contributed by atoms with van der Waals surface area (Å²) >= 11 is 0. The van der Waals surface area contributed by atoms with Crippen LogP contribution in [0.1, 0.15) is 19.4 Å². The Labute approximate surface area is 113 Å². The van der Waals surface area contributed by atoms with Crippen molar-refractivity contribution < 1.29 is 4.74 Å². The molecule has 3 N–H and O–H groups in total. The molecule has 0 saturated carbocycles. The Morgan fingerprint density at radius 2 is 1.95 bits per heavy atom. The van der Waals surface area contributed by atoms with Gasteiger partial charge in [-0.3, -0.25) is 4.98 Å². The number of pyridine rings is 1. The highest BCUT2D eigenvalue weighted by Crippen LogP contribution is 2.23. The number of hydrogen-bond acceptors (Lipinski definition) is 4. The molecule has 0 radical (unpaired) electrons. The minimum atomic E-state index is 0.134. The zero-order valence-electron chi connectivity index (χ0n) is 11.3. The zero-order chi connectivity index (χ0) is 13.7. The van der Waals surface area contributed by atoms with E-state index in [0.717, 1.165) is 18.0 Å². The van der Waals surface area contributed by atoms with Crippen molar-refractivity contribution in [3.05, 3.63) is 48.3 Å². The molecule has 100 valence electrons. The van der Waals surface area contributed by atoms with Crippen LogP contribution in [0, 0.1) is 0 Å². The van der Waals surface area contributed by atoms with E-state index in [9.17, 15) is 0 Å². The van der Waals surface area contributed by atoms with Gasteiger partial charge in [-0.05, 0) is 37.6 Å². The first-order chi connectivity index (χ1) is 9.13. The van der Waals surface area contributed by atoms with Crippen molar-refractivity contribution in [2.24, 2.45) is 0 Å². The predicted molar refractivity (Wildman–Crippen MR) is 78.2 cm³/mol. The van der Waals surface area contributed by atoms with E-state index in [0.29, 0.717) is 5.69 Å². The summed E-state index contributed by atoms with van der Waals surface area (Å²) in [5, 5.41) is 3.33. The zero-order valence-corrected chi connectivity index (χ0v) is 11.3. The molecular formula is C15H19N3O. The molecule has 0 saturated heterocycles. The van der Waals surface area contributed by atoms with Gasteiger partial charge in [0.2, 0.25) is 0 Å². The average molecular weight is 257 g/mol. The molecule has 1 heterocycles. The van der Waals surface area contributed by atoms with Crippen LogP contribution in [0.3, 0.4) is 0 Å². The summed E-state index contributed by atoms with van der Waals surface area (Å²) in [6.45, 7) is 4.72. The number of anilines is 2. The standard InChI is InChI=1S/C15H19N3O/c1-11(2)19-15-8-13(16)7-14(9-15)18-10-12-3-5-17-6-4-12/h3-9,11,18H,10,16H2,1-2H3. The van der Waals surface area contributed by atoms with Gasteiger partial charge in [0.25, 0.3) is 0 Å². The maximum absolute atomic E-state index is 5.87. The molecule has 0 amide bonds. The van der Waals surface area contributed by atoms with Crippen molar-refractivity contribution in [2.75, 3.05) is 11.1 Å². The largest absolute Gasteiger partial charge is 0.491 e. The molecule has 1 aromatic heterocycles. The van der Waals surface area contributed by atoms with Gasteiger partial charge in [0.15, 0.2) is 0 Å². The Hall–Kier alpha value is -2.23. The van der Waals surface area contributed by atoms with E-state index >= 15 is 0 Å². The highest BCUT2D eigenvalue weighted by Gasteiger charge is 2.02. The first-order valence-electron chi connectivity index (χ1n) is 6.33. The first kappa shape index (κ1) is 13.2. The van der Waals surface area contributed by atoms with E-state index in [-0.39, 0.29) is 6.10 Å². The summed E-state index contributed by atoms with van der Waals surface area (Å²) in [4.78, 5) is 3.99. The quantitative estimate of drug-likeness (QED) is 0.808. The molecule has 2 rings (SSSR count). The maximum atomic E-state index is 5.87. The summed E-state index contributed by atoms with van der Waals surface area (Å²) in [7, 11) is 0. The van der Waals surface area contributed by atoms with Crippen LogP contribution in [0.2, 0.25) is 0 Å². The van der Waals surface area contributed by atoms with Gasteiger partial charge in [0.05, 0.1) is 6.10 Å². The molecule has 0 spiro atoms. The van der Waals surface area contributed by atoms with Gasteiger partial charge in [0, 0.05) is 42.4 Å². The lowest BCUT2D eigenvalue weighted by atomic mass is 10.2. The molecule has 2 aromatic rings. The van der Waals surface area contributed by atoms with Gasteiger partial charge in [-0.2, -0.15) is 0 Å². The van der Waals surface area contributed by atoms with E-state index in [2.05, 4.69) is 10.3 Å². The Morgan fingerprint density at radius 1 is 1.21 bits per heavy atom. The number of nitrogens with two attached hydrogens (primary N) is 1. The number of nitrogens with zero attached hydrogens (tertiary/aromatic N) is 1. The van der Waals surface area contributed by atoms with Gasteiger partial charge in [-0.25, -0.2) is 0 Å². The third-order valence-electron chi connectivity index (χ3n) is 2.55. The molecule has 4 nitrogen and oxygen atoms in total. The fourth-order valence-corrected chi connectivity index (χ4v) is 1.77. The van der Waals surface area contributed by atoms with Gasteiger partial charge in [0.1, 0.15) is 5.75 Å². The minimum Gasteiger partial charge on any atom is -0.491 e. The van der Waals surface area contributed by atoms with Crippen LogP contribution in [-0.2, 0) is 6.54 Å². The second kappa shape index (κ2) is 6.09. The fourth-order valence-electron chi connectivity index (χ4n) is 1.77. The predicted octanol–water partition coefficient (Wildman–Crippen LogP) is 3.06. The van der Waals surface area contributed by atoms with Gasteiger partial charge >= 0.3 is 0 Å². The lowest BCUT2D eigenvalue weighted by Crippen LogP contribution is -2.07. The van der Waals surface area contributed by atoms with Crippen LogP contribution in [0.25, 0.3) is 0 Å². The van der Waals surface area contributed by atoms with Crippen molar-refractivity contribution in [3.8, 4) is 5.75 Å². The molecule has 0 aliphatic carbocycles. The normalized spacial score (nSPS) is 10.5. The van der Waals surface area contributed by atoms with Gasteiger partial charge < -0.3 is 15.8 Å². The third kappa shape index (κ3) is 4.17. The van der Waals surface area contributed by atoms with Gasteiger partial charge in [-0.15, -0.1) is 0 Å². The van der Waals surface area contributed by atoms with E-state index in [1.807, 2.05) is 44.2 Å². The van der Waals surface area contributed by atoms with Gasteiger partial charge in [-0.1, -0.05) is 0 Å². The van der Waals surface area contributed by atoms with Crippen LogP contribution >= 0.6 is 0 Å². The molecule has 0 aliphatic heterocycles. The third-order valence-corrected chi connectivity index (χ3v) is 2.55. The Bertz CT molecular complexity index is 526. The van der Waals surface area contributed by atoms with Crippen LogP contribution in [0.5, 0.6) is 5.75 Å². The number of nitrogen functional groups attached to an aromatic ring is 1. The van der Waals surface area contributed by atoms with Crippen LogP contribution in [0.4, 0.5) is 11.4 Å². The minimum absolute atomic E-state index is 0.134. The summed E-state index contributed by atoms with van der Waals surface area (Å²) in [6.07, 6.45) is 3.70. The highest BCUT2D eigenvalue weighted by atomic mass is 16.5. The average Bonchev–Trinajstić information content (AvgIpc) is 2.36. The lowest BCUT2D eigenvalue weighted by Gasteiger charge is -2.13. The molecule has 4 heteroatoms. The number of rotatable bonds is 5. The number of benzene rings is 1. The molecule has 0 fully saturated rings. The van der Waals surface area contributed by atoms with Crippen molar-refractivity contribution in [3.63, 3.8) is 0 Å². The molecule has 0 aliphatic rings. The SMILES string of the molecule is CC(C)Oc1cc(N)cc(NCc2ccncc2)c1. The summed E-state index contributed by atoms with van der Waals surface area (Å²) in [6, 6.07) is 9.64. The number of nitrogens with one attached hydrogen (secondary N) is 1. The molecule has 19 heavy (non-hydrogen) atoms. The number of hydrogen-bond donors (Lipinski definition) is 2. The summed E-state index contributed by atoms with van der Waals surface area (Å²) < 4.78 is 5.66. The van der Waals surface area contributed by atoms with E-state index < -0.39 is 0 Å². The van der Waals surface area contributed by atoms with E-state index in [4.69, 9.17) is 10.5 Å². The molecule has 1 aromatic carbocycles. The highest BCUT2D eigenvalue weighted by molar-refractivity contribution is 5.59. The van der Waals surface area contributed by atoms with Crippen LogP contribution in [0.15, 0.2) is 42.7 Å². The molecule has 0 unspecified atom stereocenters. The second-order valence-electron chi connectivity index (χ2n) is 4.67. The fraction of sp³-hybridized carbons (Fsp3) is 0.267. The van der Waals surface area contributed by atoms with E-state index in [1.165, 1.54) is 5.56 Å². The number of ether oxygens (including phenoxy) is 1. The molecule has 0 atom stereocenters. The maximum Gasteiger partial charge on any atom is 0.123 e. The lowest BCUT2D eigenvalue weighted by molar-refractivity contribution is 0.242. The summed E-state index contributed by atoms with van der Waals surface area (Å²) in [5.41, 5.74) is 8.69. The first-order valence-corrected chi connectivity index (χ1v) is 6.33. The Kier molecular flexibility index (Phi) is 4.23. The van der Waals surface area contributed by atoms with Crippen molar-refractivity contribution in [1.82, 2.24) is 4.98 Å². The van der Waals surface area contributed by atoms with Crippen LogP contribution in [-0.4, -0.2) is 11.1 Å². The topological polar surface area (TPSA) is 60.2 Å². The molecule has 0 bridgehead atoms. The van der Waals surface area contributed by atoms with Crippen LogP contribution < -0.4 is 15.8 Å². The van der Waals surface area contributed by atoms with E-state index in [1.54, 1.807) is 12.4 Å². The van der Waals surface area contributed by atoms with Crippen molar-refractivity contribution >= 4 is 11.4 Å². The number of aromatic nitrogens is 1. The summed E-state index contributed by atoms with van der Waals surface area (Å²) in [5.74, 6) is 0.784. The van der Waals surface area contributed by atoms with Crippen molar-refractivity contribution in [1.29, 1.82) is 0 Å². The smallest absolute Gasteiger partial charge is 0.123 e. The monoisotopic (exact) mass is 257 g/mol. The van der Waals surface area contributed by atoms with Crippen molar-refractivity contribution in [2.45, 2.75) is 26.5 Å².